The van der Waals surface area contributed by atoms with E-state index in [-0.39, 0.29) is 5.82 Å². The van der Waals surface area contributed by atoms with Gasteiger partial charge in [-0.3, -0.25) is 0 Å². The molecule has 0 heterocycles. The van der Waals surface area contributed by atoms with Gasteiger partial charge in [0.25, 0.3) is 0 Å². The highest BCUT2D eigenvalue weighted by molar-refractivity contribution is 5.29. The van der Waals surface area contributed by atoms with Crippen LogP contribution in [0.25, 0.3) is 0 Å². The Labute approximate surface area is 95.8 Å². The van der Waals surface area contributed by atoms with Gasteiger partial charge < -0.3 is 15.8 Å². The molecule has 0 atom stereocenters. The van der Waals surface area contributed by atoms with Gasteiger partial charge in [0.05, 0.1) is 7.11 Å². The molecule has 0 unspecified atom stereocenters. The molecule has 90 valence electrons. The molecule has 3 nitrogen and oxygen atoms in total. The van der Waals surface area contributed by atoms with Gasteiger partial charge in [-0.15, -0.1) is 0 Å². The third-order valence-corrected chi connectivity index (χ3v) is 2.36. The van der Waals surface area contributed by atoms with Crippen LogP contribution in [0.5, 0.6) is 5.75 Å². The maximum Gasteiger partial charge on any atom is 0.165 e. The maximum absolute atomic E-state index is 13.3. The average molecular weight is 226 g/mol. The molecule has 0 bridgehead atoms. The van der Waals surface area contributed by atoms with Crippen LogP contribution in [0.2, 0.25) is 0 Å². The highest BCUT2D eigenvalue weighted by atomic mass is 19.1. The third kappa shape index (κ3) is 4.16. The quantitative estimate of drug-likeness (QED) is 0.689. The number of nitrogens with two attached hydrogens (primary N) is 1. The molecule has 0 aliphatic rings. The zero-order valence-electron chi connectivity index (χ0n) is 9.63. The topological polar surface area (TPSA) is 47.3 Å². The summed E-state index contributed by atoms with van der Waals surface area (Å²) >= 11 is 0. The Bertz CT molecular complexity index is 318. The summed E-state index contributed by atoms with van der Waals surface area (Å²) in [6.07, 6.45) is 1.78. The number of hydrogen-bond donors (Lipinski definition) is 2. The Hall–Kier alpha value is -1.13. The van der Waals surface area contributed by atoms with Gasteiger partial charge in [-0.1, -0.05) is 6.07 Å². The molecule has 16 heavy (non-hydrogen) atoms. The predicted octanol–water partition coefficient (Wildman–Crippen LogP) is 1.32. The lowest BCUT2D eigenvalue weighted by atomic mass is 10.1. The van der Waals surface area contributed by atoms with Crippen LogP contribution in [0, 0.1) is 5.82 Å². The largest absolute Gasteiger partial charge is 0.494 e. The van der Waals surface area contributed by atoms with E-state index in [0.29, 0.717) is 12.3 Å². The molecule has 3 N–H and O–H groups in total. The summed E-state index contributed by atoms with van der Waals surface area (Å²) in [6.45, 7) is 2.45. The Morgan fingerprint density at radius 1 is 1.38 bits per heavy atom. The van der Waals surface area contributed by atoms with Crippen molar-refractivity contribution < 1.29 is 9.13 Å². The molecule has 0 spiro atoms. The summed E-state index contributed by atoms with van der Waals surface area (Å²) in [5, 5.41) is 3.25. The minimum atomic E-state index is -0.304. The number of benzene rings is 1. The minimum Gasteiger partial charge on any atom is -0.494 e. The molecule has 4 heteroatoms. The van der Waals surface area contributed by atoms with Crippen molar-refractivity contribution in [2.24, 2.45) is 5.73 Å². The van der Waals surface area contributed by atoms with Crippen LogP contribution >= 0.6 is 0 Å². The van der Waals surface area contributed by atoms with E-state index in [1.165, 1.54) is 13.2 Å². The van der Waals surface area contributed by atoms with Gasteiger partial charge in [-0.25, -0.2) is 4.39 Å². The first-order chi connectivity index (χ1) is 7.77. The van der Waals surface area contributed by atoms with Gasteiger partial charge in [-0.2, -0.15) is 0 Å². The van der Waals surface area contributed by atoms with Crippen LogP contribution < -0.4 is 15.8 Å². The van der Waals surface area contributed by atoms with Crippen LogP contribution in [0.1, 0.15) is 12.0 Å². The molecule has 0 saturated carbocycles. The third-order valence-electron chi connectivity index (χ3n) is 2.36. The van der Waals surface area contributed by atoms with E-state index >= 15 is 0 Å². The standard InChI is InChI=1S/C12H19FN2O/c1-16-12-4-3-10(9-11(12)13)5-8-15-7-2-6-14/h3-4,9,15H,2,5-8,14H2,1H3. The Kier molecular flexibility index (Phi) is 5.82. The summed E-state index contributed by atoms with van der Waals surface area (Å²) in [5.74, 6) is -0.0122. The number of ether oxygens (including phenoxy) is 1. The molecule has 1 rings (SSSR count). The molecular formula is C12H19FN2O. The maximum atomic E-state index is 13.3. The first kappa shape index (κ1) is 12.9. The monoisotopic (exact) mass is 226 g/mol. The van der Waals surface area contributed by atoms with Crippen molar-refractivity contribution in [1.29, 1.82) is 0 Å². The van der Waals surface area contributed by atoms with Crippen molar-refractivity contribution in [3.8, 4) is 5.75 Å². The lowest BCUT2D eigenvalue weighted by Gasteiger charge is -2.06. The van der Waals surface area contributed by atoms with Crippen molar-refractivity contribution >= 4 is 0 Å². The second kappa shape index (κ2) is 7.19. The van der Waals surface area contributed by atoms with Crippen LogP contribution in [-0.4, -0.2) is 26.7 Å². The van der Waals surface area contributed by atoms with Gasteiger partial charge in [0.15, 0.2) is 11.6 Å². The molecule has 0 amide bonds. The van der Waals surface area contributed by atoms with Gasteiger partial charge >= 0.3 is 0 Å². The second-order valence-corrected chi connectivity index (χ2v) is 3.61. The SMILES string of the molecule is COc1ccc(CCNCCCN)cc1F. The van der Waals surface area contributed by atoms with Crippen LogP contribution in [0.3, 0.4) is 0 Å². The molecule has 0 aromatic heterocycles. The van der Waals surface area contributed by atoms with Crippen molar-refractivity contribution in [3.05, 3.63) is 29.6 Å². The van der Waals surface area contributed by atoms with Gasteiger partial charge in [0.2, 0.25) is 0 Å². The summed E-state index contributed by atoms with van der Waals surface area (Å²) in [5.41, 5.74) is 6.34. The molecule has 0 fully saturated rings. The number of methoxy groups -OCH3 is 1. The molecule has 0 aliphatic heterocycles. The Morgan fingerprint density at radius 3 is 2.81 bits per heavy atom. The smallest absolute Gasteiger partial charge is 0.165 e. The molecule has 0 radical (unpaired) electrons. The van der Waals surface area contributed by atoms with E-state index in [1.54, 1.807) is 6.07 Å². The normalized spacial score (nSPS) is 10.4. The minimum absolute atomic E-state index is 0.292. The molecule has 1 aromatic rings. The van der Waals surface area contributed by atoms with E-state index in [1.807, 2.05) is 6.07 Å². The second-order valence-electron chi connectivity index (χ2n) is 3.61. The number of halogens is 1. The molecular weight excluding hydrogens is 207 g/mol. The van der Waals surface area contributed by atoms with Crippen molar-refractivity contribution in [2.45, 2.75) is 12.8 Å². The van der Waals surface area contributed by atoms with Gasteiger partial charge in [-0.05, 0) is 50.2 Å². The highest BCUT2D eigenvalue weighted by Gasteiger charge is 2.02. The number of nitrogens with one attached hydrogen (secondary N) is 1. The van der Waals surface area contributed by atoms with E-state index in [0.717, 1.165) is 31.5 Å². The number of rotatable bonds is 7. The fourth-order valence-corrected chi connectivity index (χ4v) is 1.45. The molecule has 1 aromatic carbocycles. The average Bonchev–Trinajstić information content (AvgIpc) is 2.29. The van der Waals surface area contributed by atoms with E-state index in [9.17, 15) is 4.39 Å². The Morgan fingerprint density at radius 2 is 2.19 bits per heavy atom. The fourth-order valence-electron chi connectivity index (χ4n) is 1.45. The van der Waals surface area contributed by atoms with Crippen molar-refractivity contribution in [2.75, 3.05) is 26.7 Å². The van der Waals surface area contributed by atoms with Crippen molar-refractivity contribution in [3.63, 3.8) is 0 Å². The Balaban J connectivity index is 2.34. The first-order valence-electron chi connectivity index (χ1n) is 5.51. The lowest BCUT2D eigenvalue weighted by Crippen LogP contribution is -2.20. The molecule has 0 saturated heterocycles. The van der Waals surface area contributed by atoms with E-state index in [2.05, 4.69) is 5.32 Å². The zero-order chi connectivity index (χ0) is 11.8. The van der Waals surface area contributed by atoms with E-state index < -0.39 is 0 Å². The fraction of sp³-hybridized carbons (Fsp3) is 0.500. The first-order valence-corrected chi connectivity index (χ1v) is 5.51. The summed E-state index contributed by atoms with van der Waals surface area (Å²) in [4.78, 5) is 0. The summed E-state index contributed by atoms with van der Waals surface area (Å²) < 4.78 is 18.2. The number of hydrogen-bond acceptors (Lipinski definition) is 3. The molecule has 0 aliphatic carbocycles. The van der Waals surface area contributed by atoms with Crippen molar-refractivity contribution in [1.82, 2.24) is 5.32 Å². The van der Waals surface area contributed by atoms with Crippen LogP contribution in [-0.2, 0) is 6.42 Å². The van der Waals surface area contributed by atoms with Crippen LogP contribution in [0.4, 0.5) is 4.39 Å². The van der Waals surface area contributed by atoms with Crippen LogP contribution in [0.15, 0.2) is 18.2 Å². The summed E-state index contributed by atoms with van der Waals surface area (Å²) in [6, 6.07) is 5.06. The van der Waals surface area contributed by atoms with E-state index in [4.69, 9.17) is 10.5 Å². The van der Waals surface area contributed by atoms with Gasteiger partial charge in [0.1, 0.15) is 0 Å². The lowest BCUT2D eigenvalue weighted by molar-refractivity contribution is 0.386. The predicted molar refractivity (Wildman–Crippen MR) is 63.2 cm³/mol. The zero-order valence-corrected chi connectivity index (χ0v) is 9.63. The highest BCUT2D eigenvalue weighted by Crippen LogP contribution is 2.17. The van der Waals surface area contributed by atoms with Gasteiger partial charge in [0, 0.05) is 0 Å². The summed E-state index contributed by atoms with van der Waals surface area (Å²) in [7, 11) is 1.46.